The lowest BCUT2D eigenvalue weighted by atomic mass is 9.99. The Kier molecular flexibility index (Phi) is 2.06. The third-order valence-corrected chi connectivity index (χ3v) is 3.89. The molecule has 0 saturated carbocycles. The lowest BCUT2D eigenvalue weighted by Crippen LogP contribution is -2.40. The number of carbonyl (C=O) groups excluding carboxylic acids is 1. The van der Waals surface area contributed by atoms with Crippen LogP contribution in [-0.2, 0) is 6.42 Å². The predicted octanol–water partition coefficient (Wildman–Crippen LogP) is 2.66. The molecule has 0 bridgehead atoms. The standard InChI is InChI=1S/C14H17NO/c1-9(2)12-8-10-4-3-5-11-13(16)6-7-15(12)14(10)11/h3-5,9,12H,6-8H2,1-2H3. The lowest BCUT2D eigenvalue weighted by molar-refractivity contribution is 0.0979. The van der Waals surface area contributed by atoms with Crippen LogP contribution < -0.4 is 4.90 Å². The molecule has 0 amide bonds. The van der Waals surface area contributed by atoms with Gasteiger partial charge in [-0.25, -0.2) is 0 Å². The van der Waals surface area contributed by atoms with Gasteiger partial charge in [-0.2, -0.15) is 0 Å². The van der Waals surface area contributed by atoms with Gasteiger partial charge >= 0.3 is 0 Å². The number of Topliss-reactive ketones (excluding diaryl/α,β-unsaturated/α-hetero) is 1. The van der Waals surface area contributed by atoms with Crippen LogP contribution in [0, 0.1) is 5.92 Å². The average Bonchev–Trinajstić information content (AvgIpc) is 2.64. The maximum Gasteiger partial charge on any atom is 0.166 e. The van der Waals surface area contributed by atoms with Crippen molar-refractivity contribution in [3.05, 3.63) is 29.3 Å². The summed E-state index contributed by atoms with van der Waals surface area (Å²) in [5, 5.41) is 0. The zero-order valence-electron chi connectivity index (χ0n) is 9.86. The molecule has 2 aliphatic heterocycles. The fourth-order valence-corrected chi connectivity index (χ4v) is 3.05. The highest BCUT2D eigenvalue weighted by atomic mass is 16.1. The van der Waals surface area contributed by atoms with E-state index in [0.717, 1.165) is 18.5 Å². The summed E-state index contributed by atoms with van der Waals surface area (Å²) in [7, 11) is 0. The van der Waals surface area contributed by atoms with Crippen molar-refractivity contribution in [1.29, 1.82) is 0 Å². The summed E-state index contributed by atoms with van der Waals surface area (Å²) >= 11 is 0. The van der Waals surface area contributed by atoms with Crippen LogP contribution in [0.4, 0.5) is 5.69 Å². The zero-order chi connectivity index (χ0) is 11.3. The van der Waals surface area contributed by atoms with Crippen molar-refractivity contribution in [3.8, 4) is 0 Å². The average molecular weight is 215 g/mol. The number of anilines is 1. The van der Waals surface area contributed by atoms with Gasteiger partial charge in [0.15, 0.2) is 5.78 Å². The number of benzene rings is 1. The molecule has 0 spiro atoms. The second-order valence-electron chi connectivity index (χ2n) is 5.20. The maximum absolute atomic E-state index is 11.9. The Balaban J connectivity index is 2.13. The number of nitrogens with zero attached hydrogens (tertiary/aromatic N) is 1. The van der Waals surface area contributed by atoms with Gasteiger partial charge in [-0.15, -0.1) is 0 Å². The van der Waals surface area contributed by atoms with E-state index in [0.29, 0.717) is 24.2 Å². The quantitative estimate of drug-likeness (QED) is 0.717. The summed E-state index contributed by atoms with van der Waals surface area (Å²) in [6.45, 7) is 5.45. The van der Waals surface area contributed by atoms with Crippen molar-refractivity contribution < 1.29 is 4.79 Å². The molecule has 1 aromatic rings. The number of para-hydroxylation sites is 1. The Morgan fingerprint density at radius 1 is 1.38 bits per heavy atom. The third-order valence-electron chi connectivity index (χ3n) is 3.89. The van der Waals surface area contributed by atoms with E-state index in [2.05, 4.69) is 24.8 Å². The Bertz CT molecular complexity index is 450. The Morgan fingerprint density at radius 3 is 2.94 bits per heavy atom. The number of ketones is 1. The fraction of sp³-hybridized carbons (Fsp3) is 0.500. The molecule has 1 unspecified atom stereocenters. The monoisotopic (exact) mass is 215 g/mol. The molecular weight excluding hydrogens is 198 g/mol. The third kappa shape index (κ3) is 1.22. The van der Waals surface area contributed by atoms with Gasteiger partial charge in [-0.05, 0) is 24.0 Å². The largest absolute Gasteiger partial charge is 0.367 e. The van der Waals surface area contributed by atoms with Gasteiger partial charge in [0, 0.05) is 24.6 Å². The molecule has 1 aromatic carbocycles. The molecule has 2 nitrogen and oxygen atoms in total. The normalized spacial score (nSPS) is 22.8. The second kappa shape index (κ2) is 3.34. The van der Waals surface area contributed by atoms with E-state index in [9.17, 15) is 4.79 Å². The zero-order valence-corrected chi connectivity index (χ0v) is 9.86. The SMILES string of the molecule is CC(C)C1Cc2cccc3c2N1CCC3=O. The number of rotatable bonds is 1. The molecule has 0 radical (unpaired) electrons. The molecule has 3 rings (SSSR count). The van der Waals surface area contributed by atoms with Gasteiger partial charge in [-0.1, -0.05) is 26.0 Å². The first-order valence-electron chi connectivity index (χ1n) is 6.10. The first kappa shape index (κ1) is 9.88. The van der Waals surface area contributed by atoms with Gasteiger partial charge in [0.2, 0.25) is 0 Å². The lowest BCUT2D eigenvalue weighted by Gasteiger charge is -2.33. The van der Waals surface area contributed by atoms with Gasteiger partial charge in [0.1, 0.15) is 0 Å². The highest BCUT2D eigenvalue weighted by molar-refractivity contribution is 6.04. The van der Waals surface area contributed by atoms with Crippen molar-refractivity contribution >= 4 is 11.5 Å². The van der Waals surface area contributed by atoms with Crippen LogP contribution in [0.3, 0.4) is 0 Å². The highest BCUT2D eigenvalue weighted by Gasteiger charge is 2.36. The van der Waals surface area contributed by atoms with Crippen LogP contribution in [0.2, 0.25) is 0 Å². The Morgan fingerprint density at radius 2 is 2.19 bits per heavy atom. The summed E-state index contributed by atoms with van der Waals surface area (Å²) in [4.78, 5) is 14.3. The van der Waals surface area contributed by atoms with E-state index < -0.39 is 0 Å². The van der Waals surface area contributed by atoms with Crippen LogP contribution in [0.5, 0.6) is 0 Å². The van der Waals surface area contributed by atoms with Gasteiger partial charge in [0.05, 0.1) is 5.69 Å². The molecule has 2 aliphatic rings. The van der Waals surface area contributed by atoms with Crippen LogP contribution in [0.25, 0.3) is 0 Å². The Labute approximate surface area is 96.3 Å². The molecule has 0 fully saturated rings. The smallest absolute Gasteiger partial charge is 0.166 e. The summed E-state index contributed by atoms with van der Waals surface area (Å²) < 4.78 is 0. The molecule has 2 heteroatoms. The van der Waals surface area contributed by atoms with Crippen molar-refractivity contribution in [3.63, 3.8) is 0 Å². The molecule has 84 valence electrons. The minimum absolute atomic E-state index is 0.317. The van der Waals surface area contributed by atoms with E-state index in [4.69, 9.17) is 0 Å². The summed E-state index contributed by atoms with van der Waals surface area (Å²) in [5.74, 6) is 0.964. The maximum atomic E-state index is 11.9. The molecular formula is C14H17NO. The molecule has 0 aliphatic carbocycles. The highest BCUT2D eigenvalue weighted by Crippen LogP contribution is 2.40. The number of carbonyl (C=O) groups is 1. The predicted molar refractivity (Wildman–Crippen MR) is 65.1 cm³/mol. The van der Waals surface area contributed by atoms with E-state index in [1.54, 1.807) is 0 Å². The second-order valence-corrected chi connectivity index (χ2v) is 5.20. The summed E-state index contributed by atoms with van der Waals surface area (Å²) in [5.41, 5.74) is 3.55. The molecule has 0 aromatic heterocycles. The van der Waals surface area contributed by atoms with Crippen molar-refractivity contribution in [1.82, 2.24) is 0 Å². The van der Waals surface area contributed by atoms with Gasteiger partial charge < -0.3 is 4.90 Å². The number of hydrogen-bond donors (Lipinski definition) is 0. The molecule has 16 heavy (non-hydrogen) atoms. The molecule has 1 atom stereocenters. The fourth-order valence-electron chi connectivity index (χ4n) is 3.05. The molecule has 2 heterocycles. The van der Waals surface area contributed by atoms with Crippen molar-refractivity contribution in [2.24, 2.45) is 5.92 Å². The minimum Gasteiger partial charge on any atom is -0.367 e. The van der Waals surface area contributed by atoms with Crippen LogP contribution in [0.15, 0.2) is 18.2 Å². The summed E-state index contributed by atoms with van der Waals surface area (Å²) in [6, 6.07) is 6.77. The number of hydrogen-bond acceptors (Lipinski definition) is 2. The van der Waals surface area contributed by atoms with Crippen LogP contribution in [0.1, 0.15) is 36.2 Å². The van der Waals surface area contributed by atoms with Crippen molar-refractivity contribution in [2.75, 3.05) is 11.4 Å². The van der Waals surface area contributed by atoms with Gasteiger partial charge in [-0.3, -0.25) is 4.79 Å². The van der Waals surface area contributed by atoms with Gasteiger partial charge in [0.25, 0.3) is 0 Å². The Hall–Kier alpha value is -1.31. The van der Waals surface area contributed by atoms with E-state index >= 15 is 0 Å². The summed E-state index contributed by atoms with van der Waals surface area (Å²) in [6.07, 6.45) is 1.79. The first-order chi connectivity index (χ1) is 7.68. The molecule has 0 N–H and O–H groups in total. The van der Waals surface area contributed by atoms with Crippen LogP contribution in [-0.4, -0.2) is 18.4 Å². The van der Waals surface area contributed by atoms with E-state index in [1.165, 1.54) is 11.3 Å². The first-order valence-corrected chi connectivity index (χ1v) is 6.10. The van der Waals surface area contributed by atoms with Crippen molar-refractivity contribution in [2.45, 2.75) is 32.7 Å². The van der Waals surface area contributed by atoms with Crippen LogP contribution >= 0.6 is 0 Å². The van der Waals surface area contributed by atoms with E-state index in [-0.39, 0.29) is 0 Å². The van der Waals surface area contributed by atoms with E-state index in [1.807, 2.05) is 12.1 Å². The molecule has 0 saturated heterocycles. The minimum atomic E-state index is 0.317. The topological polar surface area (TPSA) is 20.3 Å².